The maximum absolute atomic E-state index is 12.4. The minimum absolute atomic E-state index is 0.0544. The molecule has 1 amide bonds. The van der Waals surface area contributed by atoms with E-state index in [0.29, 0.717) is 6.42 Å². The molecule has 1 saturated heterocycles. The number of benzene rings is 1. The molecule has 1 aromatic carbocycles. The average Bonchev–Trinajstić information content (AvgIpc) is 2.91. The molecule has 1 unspecified atom stereocenters. The van der Waals surface area contributed by atoms with Gasteiger partial charge in [-0.05, 0) is 55.4 Å². The second-order valence-electron chi connectivity index (χ2n) is 6.63. The van der Waals surface area contributed by atoms with Gasteiger partial charge in [0.25, 0.3) is 0 Å². The molecule has 0 bridgehead atoms. The number of amides is 1. The SMILES string of the molecule is O=C(CNS(=O)(=O)c1ccc2c(c1)CCCC2)NC1CCS(=O)(=O)C1. The van der Waals surface area contributed by atoms with E-state index in [4.69, 9.17) is 0 Å². The van der Waals surface area contributed by atoms with Crippen molar-refractivity contribution in [1.82, 2.24) is 10.0 Å². The Labute approximate surface area is 148 Å². The number of carbonyl (C=O) groups excluding carboxylic acids is 1. The number of sulfone groups is 1. The molecule has 2 N–H and O–H groups in total. The van der Waals surface area contributed by atoms with E-state index in [1.165, 1.54) is 5.56 Å². The van der Waals surface area contributed by atoms with Crippen molar-refractivity contribution in [2.45, 2.75) is 43.0 Å². The van der Waals surface area contributed by atoms with Crippen molar-refractivity contribution in [1.29, 1.82) is 0 Å². The summed E-state index contributed by atoms with van der Waals surface area (Å²) in [5.74, 6) is -0.557. The molecule has 1 aromatic rings. The summed E-state index contributed by atoms with van der Waals surface area (Å²) in [5, 5.41) is 2.56. The van der Waals surface area contributed by atoms with Crippen LogP contribution in [0.5, 0.6) is 0 Å². The Bertz CT molecular complexity index is 878. The Hall–Kier alpha value is -1.45. The van der Waals surface area contributed by atoms with E-state index in [2.05, 4.69) is 10.0 Å². The first-order valence-electron chi connectivity index (χ1n) is 8.36. The molecule has 25 heavy (non-hydrogen) atoms. The van der Waals surface area contributed by atoms with Crippen molar-refractivity contribution < 1.29 is 21.6 Å². The van der Waals surface area contributed by atoms with E-state index >= 15 is 0 Å². The number of fused-ring (bicyclic) bond motifs is 1. The molecule has 0 aromatic heterocycles. The highest BCUT2D eigenvalue weighted by atomic mass is 32.2. The minimum atomic E-state index is -3.77. The lowest BCUT2D eigenvalue weighted by Gasteiger charge is -2.17. The Morgan fingerprint density at radius 2 is 1.88 bits per heavy atom. The third-order valence-corrected chi connectivity index (χ3v) is 7.82. The summed E-state index contributed by atoms with van der Waals surface area (Å²) in [4.78, 5) is 12.0. The minimum Gasteiger partial charge on any atom is -0.351 e. The highest BCUT2D eigenvalue weighted by Crippen LogP contribution is 2.24. The summed E-state index contributed by atoms with van der Waals surface area (Å²) in [6.45, 7) is -0.407. The van der Waals surface area contributed by atoms with Gasteiger partial charge in [0.2, 0.25) is 15.9 Å². The predicted molar refractivity (Wildman–Crippen MR) is 93.5 cm³/mol. The fourth-order valence-corrected chi connectivity index (χ4v) is 6.01. The van der Waals surface area contributed by atoms with Crippen LogP contribution in [0.25, 0.3) is 0 Å². The molecule has 3 rings (SSSR count). The predicted octanol–water partition coefficient (Wildman–Crippen LogP) is 0.147. The summed E-state index contributed by atoms with van der Waals surface area (Å²) in [5.41, 5.74) is 2.24. The third kappa shape index (κ3) is 4.59. The van der Waals surface area contributed by atoms with Crippen LogP contribution < -0.4 is 10.0 Å². The summed E-state index contributed by atoms with van der Waals surface area (Å²) >= 11 is 0. The molecule has 0 radical (unpaired) electrons. The molecule has 1 fully saturated rings. The number of nitrogens with one attached hydrogen (secondary N) is 2. The molecule has 7 nitrogen and oxygen atoms in total. The summed E-state index contributed by atoms with van der Waals surface area (Å²) in [7, 11) is -6.86. The van der Waals surface area contributed by atoms with Gasteiger partial charge in [0.05, 0.1) is 22.9 Å². The fourth-order valence-electron chi connectivity index (χ4n) is 3.31. The van der Waals surface area contributed by atoms with Crippen molar-refractivity contribution in [2.75, 3.05) is 18.1 Å². The largest absolute Gasteiger partial charge is 0.351 e. The van der Waals surface area contributed by atoms with Gasteiger partial charge in [-0.2, -0.15) is 0 Å². The van der Waals surface area contributed by atoms with Gasteiger partial charge in [-0.3, -0.25) is 4.79 Å². The number of aryl methyl sites for hydroxylation is 2. The maximum atomic E-state index is 12.4. The number of hydrogen-bond donors (Lipinski definition) is 2. The molecular formula is C16H22N2O5S2. The lowest BCUT2D eigenvalue weighted by atomic mass is 9.92. The Balaban J connectivity index is 1.59. The highest BCUT2D eigenvalue weighted by molar-refractivity contribution is 7.91. The van der Waals surface area contributed by atoms with Crippen LogP contribution in [0.15, 0.2) is 23.1 Å². The van der Waals surface area contributed by atoms with Gasteiger partial charge in [0.15, 0.2) is 9.84 Å². The smallest absolute Gasteiger partial charge is 0.241 e. The second-order valence-corrected chi connectivity index (χ2v) is 10.6. The van der Waals surface area contributed by atoms with Crippen LogP contribution in [0.1, 0.15) is 30.4 Å². The summed E-state index contributed by atoms with van der Waals surface area (Å²) < 4.78 is 49.8. The number of rotatable bonds is 5. The van der Waals surface area contributed by atoms with Crippen molar-refractivity contribution in [3.8, 4) is 0 Å². The van der Waals surface area contributed by atoms with Crippen LogP contribution in [-0.2, 0) is 37.5 Å². The van der Waals surface area contributed by atoms with Gasteiger partial charge < -0.3 is 5.32 Å². The molecular weight excluding hydrogens is 364 g/mol. The van der Waals surface area contributed by atoms with Gasteiger partial charge >= 0.3 is 0 Å². The fraction of sp³-hybridized carbons (Fsp3) is 0.562. The normalized spacial score (nSPS) is 22.3. The molecule has 2 aliphatic rings. The first kappa shape index (κ1) is 18.3. The second kappa shape index (κ2) is 7.05. The summed E-state index contributed by atoms with van der Waals surface area (Å²) in [6, 6.07) is 4.64. The van der Waals surface area contributed by atoms with Crippen molar-refractivity contribution in [2.24, 2.45) is 0 Å². The number of sulfonamides is 1. The topological polar surface area (TPSA) is 109 Å². The van der Waals surface area contributed by atoms with Crippen LogP contribution in [0, 0.1) is 0 Å². The van der Waals surface area contributed by atoms with Crippen LogP contribution >= 0.6 is 0 Å². The van der Waals surface area contributed by atoms with Crippen molar-refractivity contribution >= 4 is 25.8 Å². The average molecular weight is 386 g/mol. The lowest BCUT2D eigenvalue weighted by molar-refractivity contribution is -0.120. The van der Waals surface area contributed by atoms with Crippen molar-refractivity contribution in [3.63, 3.8) is 0 Å². The molecule has 1 heterocycles. The zero-order valence-corrected chi connectivity index (χ0v) is 15.5. The standard InChI is InChI=1S/C16H22N2O5S2/c19-16(18-14-7-8-24(20,21)11-14)10-17-25(22,23)15-6-5-12-3-1-2-4-13(12)9-15/h5-6,9,14,17H,1-4,7-8,10-11H2,(H,18,19). The van der Waals surface area contributed by atoms with E-state index in [0.717, 1.165) is 31.2 Å². The number of carbonyl (C=O) groups is 1. The Kier molecular flexibility index (Phi) is 5.17. The van der Waals surface area contributed by atoms with Gasteiger partial charge in [-0.1, -0.05) is 6.07 Å². The van der Waals surface area contributed by atoms with E-state index in [-0.39, 0.29) is 16.4 Å². The van der Waals surface area contributed by atoms with Crippen LogP contribution in [0.4, 0.5) is 0 Å². The van der Waals surface area contributed by atoms with Gasteiger partial charge in [-0.15, -0.1) is 0 Å². The first-order valence-corrected chi connectivity index (χ1v) is 11.7. The lowest BCUT2D eigenvalue weighted by Crippen LogP contribution is -2.42. The summed E-state index contributed by atoms with van der Waals surface area (Å²) in [6.07, 6.45) is 4.38. The molecule has 138 valence electrons. The van der Waals surface area contributed by atoms with Gasteiger partial charge in [0.1, 0.15) is 0 Å². The van der Waals surface area contributed by atoms with E-state index in [1.54, 1.807) is 12.1 Å². The van der Waals surface area contributed by atoms with Crippen molar-refractivity contribution in [3.05, 3.63) is 29.3 Å². The molecule has 0 spiro atoms. The van der Waals surface area contributed by atoms with Crippen LogP contribution in [0.2, 0.25) is 0 Å². The number of hydrogen-bond acceptors (Lipinski definition) is 5. The molecule has 9 heteroatoms. The van der Waals surface area contributed by atoms with Crippen LogP contribution in [0.3, 0.4) is 0 Å². The van der Waals surface area contributed by atoms with E-state index in [9.17, 15) is 21.6 Å². The molecule has 1 aliphatic carbocycles. The molecule has 1 aliphatic heterocycles. The Morgan fingerprint density at radius 1 is 1.16 bits per heavy atom. The van der Waals surface area contributed by atoms with Gasteiger partial charge in [-0.25, -0.2) is 21.6 Å². The highest BCUT2D eigenvalue weighted by Gasteiger charge is 2.29. The quantitative estimate of drug-likeness (QED) is 0.748. The van der Waals surface area contributed by atoms with Crippen LogP contribution in [-0.4, -0.2) is 46.8 Å². The molecule has 1 atom stereocenters. The van der Waals surface area contributed by atoms with E-state index < -0.39 is 38.4 Å². The maximum Gasteiger partial charge on any atom is 0.241 e. The zero-order chi connectivity index (χ0) is 18.1. The monoisotopic (exact) mass is 386 g/mol. The Morgan fingerprint density at radius 3 is 2.56 bits per heavy atom. The van der Waals surface area contributed by atoms with Gasteiger partial charge in [0, 0.05) is 6.04 Å². The van der Waals surface area contributed by atoms with E-state index in [1.807, 2.05) is 6.07 Å². The third-order valence-electron chi connectivity index (χ3n) is 4.65. The molecule has 0 saturated carbocycles. The zero-order valence-electron chi connectivity index (χ0n) is 13.8. The first-order chi connectivity index (χ1) is 11.8.